The second-order valence-electron chi connectivity index (χ2n) is 5.45. The number of ether oxygens (including phenoxy) is 1. The van der Waals surface area contributed by atoms with Gasteiger partial charge in [0.1, 0.15) is 0 Å². The van der Waals surface area contributed by atoms with E-state index in [1.54, 1.807) is 0 Å². The Morgan fingerprint density at radius 2 is 2.00 bits per heavy atom. The Morgan fingerprint density at radius 3 is 2.88 bits per heavy atom. The van der Waals surface area contributed by atoms with Crippen LogP contribution in [-0.4, -0.2) is 61.8 Å². The van der Waals surface area contributed by atoms with Gasteiger partial charge in [-0.05, 0) is 45.3 Å². The third-order valence-electron chi connectivity index (χ3n) is 4.08. The van der Waals surface area contributed by atoms with E-state index in [4.69, 9.17) is 4.74 Å². The van der Waals surface area contributed by atoms with Crippen LogP contribution in [0.4, 0.5) is 0 Å². The molecule has 2 fully saturated rings. The lowest BCUT2D eigenvalue weighted by molar-refractivity contribution is 0.0985. The first-order chi connectivity index (χ1) is 8.40. The molecular weight excluding hydrogens is 212 g/mol. The van der Waals surface area contributed by atoms with Crippen LogP contribution in [0.3, 0.4) is 0 Å². The van der Waals surface area contributed by atoms with E-state index in [0.29, 0.717) is 0 Å². The maximum absolute atomic E-state index is 5.67. The van der Waals surface area contributed by atoms with Crippen molar-refractivity contribution in [3.63, 3.8) is 0 Å². The molecule has 2 heterocycles. The normalized spacial score (nSPS) is 27.0. The maximum atomic E-state index is 5.67. The molecule has 0 bridgehead atoms. The molecule has 0 aromatic rings. The van der Waals surface area contributed by atoms with Gasteiger partial charge in [-0.1, -0.05) is 13.3 Å². The number of rotatable bonds is 6. The Morgan fingerprint density at radius 1 is 1.12 bits per heavy atom. The molecule has 0 aromatic heterocycles. The third kappa shape index (κ3) is 4.23. The Bertz CT molecular complexity index is 210. The van der Waals surface area contributed by atoms with Crippen LogP contribution in [0.25, 0.3) is 0 Å². The summed E-state index contributed by atoms with van der Waals surface area (Å²) in [4.78, 5) is 5.31. The minimum atomic E-state index is 0.841. The molecule has 0 radical (unpaired) electrons. The predicted octanol–water partition coefficient (Wildman–Crippen LogP) is 1.97. The molecule has 0 N–H and O–H groups in total. The Labute approximate surface area is 106 Å². The van der Waals surface area contributed by atoms with Crippen LogP contribution < -0.4 is 0 Å². The summed E-state index contributed by atoms with van der Waals surface area (Å²) in [5.74, 6) is 0. The van der Waals surface area contributed by atoms with Gasteiger partial charge in [0, 0.05) is 25.7 Å². The van der Waals surface area contributed by atoms with Crippen molar-refractivity contribution in [1.82, 2.24) is 9.80 Å². The SMILES string of the molecule is CCCCOCCN1CCCN2CCCC2C1. The summed E-state index contributed by atoms with van der Waals surface area (Å²) in [5.41, 5.74) is 0. The smallest absolute Gasteiger partial charge is 0.0593 e. The van der Waals surface area contributed by atoms with Crippen LogP contribution >= 0.6 is 0 Å². The van der Waals surface area contributed by atoms with Gasteiger partial charge in [-0.15, -0.1) is 0 Å². The lowest BCUT2D eigenvalue weighted by Crippen LogP contribution is -2.37. The zero-order valence-corrected chi connectivity index (χ0v) is 11.4. The van der Waals surface area contributed by atoms with Crippen LogP contribution in [-0.2, 0) is 4.74 Å². The van der Waals surface area contributed by atoms with E-state index < -0.39 is 0 Å². The van der Waals surface area contributed by atoms with Gasteiger partial charge in [0.2, 0.25) is 0 Å². The standard InChI is InChI=1S/C14H28N2O/c1-2-3-11-17-12-10-15-7-5-9-16-8-4-6-14(16)13-15/h14H,2-13H2,1H3. The zero-order valence-electron chi connectivity index (χ0n) is 11.4. The van der Waals surface area contributed by atoms with Crippen molar-refractivity contribution in [2.45, 2.75) is 45.1 Å². The quantitative estimate of drug-likeness (QED) is 0.660. The van der Waals surface area contributed by atoms with Gasteiger partial charge in [0.25, 0.3) is 0 Å². The molecule has 0 amide bonds. The summed E-state index contributed by atoms with van der Waals surface area (Å²) in [6, 6.07) is 0.841. The minimum absolute atomic E-state index is 0.841. The van der Waals surface area contributed by atoms with Gasteiger partial charge in [0.05, 0.1) is 6.61 Å². The molecule has 0 aliphatic carbocycles. The molecule has 2 saturated heterocycles. The molecule has 3 heteroatoms. The zero-order chi connectivity index (χ0) is 11.9. The van der Waals surface area contributed by atoms with Gasteiger partial charge in [-0.3, -0.25) is 9.80 Å². The molecule has 3 nitrogen and oxygen atoms in total. The van der Waals surface area contributed by atoms with Crippen molar-refractivity contribution in [1.29, 1.82) is 0 Å². The molecule has 2 rings (SSSR count). The molecule has 100 valence electrons. The van der Waals surface area contributed by atoms with E-state index in [-0.39, 0.29) is 0 Å². The summed E-state index contributed by atoms with van der Waals surface area (Å²) in [6.45, 7) is 10.4. The highest BCUT2D eigenvalue weighted by Gasteiger charge is 2.28. The molecule has 0 saturated carbocycles. The fourth-order valence-corrected chi connectivity index (χ4v) is 3.03. The Kier molecular flexibility index (Phi) is 5.75. The highest BCUT2D eigenvalue weighted by atomic mass is 16.5. The van der Waals surface area contributed by atoms with E-state index in [0.717, 1.165) is 25.8 Å². The number of hydrogen-bond donors (Lipinski definition) is 0. The number of unbranched alkanes of at least 4 members (excludes halogenated alkanes) is 1. The van der Waals surface area contributed by atoms with Crippen molar-refractivity contribution in [2.24, 2.45) is 0 Å². The second-order valence-corrected chi connectivity index (χ2v) is 5.45. The van der Waals surface area contributed by atoms with E-state index in [2.05, 4.69) is 16.7 Å². The lowest BCUT2D eigenvalue weighted by atomic mass is 10.2. The van der Waals surface area contributed by atoms with E-state index >= 15 is 0 Å². The largest absolute Gasteiger partial charge is 0.380 e. The van der Waals surface area contributed by atoms with Crippen molar-refractivity contribution in [3.8, 4) is 0 Å². The minimum Gasteiger partial charge on any atom is -0.380 e. The van der Waals surface area contributed by atoms with Crippen molar-refractivity contribution >= 4 is 0 Å². The van der Waals surface area contributed by atoms with Crippen LogP contribution in [0.15, 0.2) is 0 Å². The number of fused-ring (bicyclic) bond motifs is 1. The predicted molar refractivity (Wildman–Crippen MR) is 71.4 cm³/mol. The van der Waals surface area contributed by atoms with E-state index in [1.165, 1.54) is 58.3 Å². The molecule has 0 aromatic carbocycles. The molecular formula is C14H28N2O. The van der Waals surface area contributed by atoms with Gasteiger partial charge in [-0.25, -0.2) is 0 Å². The van der Waals surface area contributed by atoms with Crippen LogP contribution in [0.2, 0.25) is 0 Å². The molecule has 1 atom stereocenters. The highest BCUT2D eigenvalue weighted by molar-refractivity contribution is 4.84. The molecule has 2 aliphatic heterocycles. The summed E-state index contributed by atoms with van der Waals surface area (Å²) >= 11 is 0. The van der Waals surface area contributed by atoms with Gasteiger partial charge in [0.15, 0.2) is 0 Å². The maximum Gasteiger partial charge on any atom is 0.0593 e. The van der Waals surface area contributed by atoms with Crippen molar-refractivity contribution < 1.29 is 4.74 Å². The van der Waals surface area contributed by atoms with Crippen LogP contribution in [0, 0.1) is 0 Å². The molecule has 0 spiro atoms. The van der Waals surface area contributed by atoms with Crippen molar-refractivity contribution in [2.75, 3.05) is 45.9 Å². The van der Waals surface area contributed by atoms with Crippen molar-refractivity contribution in [3.05, 3.63) is 0 Å². The fraction of sp³-hybridized carbons (Fsp3) is 1.00. The Hall–Kier alpha value is -0.120. The molecule has 1 unspecified atom stereocenters. The summed E-state index contributed by atoms with van der Waals surface area (Å²) in [5, 5.41) is 0. The highest BCUT2D eigenvalue weighted by Crippen LogP contribution is 2.20. The summed E-state index contributed by atoms with van der Waals surface area (Å²) in [6.07, 6.45) is 6.60. The van der Waals surface area contributed by atoms with E-state index in [9.17, 15) is 0 Å². The van der Waals surface area contributed by atoms with Gasteiger partial charge in [-0.2, -0.15) is 0 Å². The topological polar surface area (TPSA) is 15.7 Å². The van der Waals surface area contributed by atoms with Gasteiger partial charge < -0.3 is 4.74 Å². The first-order valence-corrected chi connectivity index (χ1v) is 7.44. The summed E-state index contributed by atoms with van der Waals surface area (Å²) in [7, 11) is 0. The van der Waals surface area contributed by atoms with Gasteiger partial charge >= 0.3 is 0 Å². The monoisotopic (exact) mass is 240 g/mol. The lowest BCUT2D eigenvalue weighted by Gasteiger charge is -2.25. The number of nitrogens with zero attached hydrogens (tertiary/aromatic N) is 2. The third-order valence-corrected chi connectivity index (χ3v) is 4.08. The second kappa shape index (κ2) is 7.34. The molecule has 2 aliphatic rings. The molecule has 17 heavy (non-hydrogen) atoms. The first kappa shape index (κ1) is 13.3. The van der Waals surface area contributed by atoms with Crippen LogP contribution in [0.5, 0.6) is 0 Å². The van der Waals surface area contributed by atoms with Crippen LogP contribution in [0.1, 0.15) is 39.0 Å². The van der Waals surface area contributed by atoms with E-state index in [1.807, 2.05) is 0 Å². The Balaban J connectivity index is 1.63. The average Bonchev–Trinajstić information content (AvgIpc) is 2.68. The average molecular weight is 240 g/mol. The first-order valence-electron chi connectivity index (χ1n) is 7.44. The number of hydrogen-bond acceptors (Lipinski definition) is 3. The fourth-order valence-electron chi connectivity index (χ4n) is 3.03. The summed E-state index contributed by atoms with van der Waals surface area (Å²) < 4.78 is 5.67.